The van der Waals surface area contributed by atoms with Crippen molar-refractivity contribution in [3.05, 3.63) is 29.3 Å². The van der Waals surface area contributed by atoms with Crippen LogP contribution in [0.15, 0.2) is 18.2 Å². The first-order valence-electron chi connectivity index (χ1n) is 5.16. The van der Waals surface area contributed by atoms with Gasteiger partial charge in [0, 0.05) is 0 Å². The number of carbonyl (C=O) groups is 1. The van der Waals surface area contributed by atoms with Gasteiger partial charge in [-0.1, -0.05) is 11.6 Å². The summed E-state index contributed by atoms with van der Waals surface area (Å²) in [6, 6.07) is 4.89. The third-order valence-electron chi connectivity index (χ3n) is 2.15. The van der Waals surface area contributed by atoms with E-state index in [0.717, 1.165) is 5.56 Å². The maximum atomic E-state index is 11.9. The van der Waals surface area contributed by atoms with Crippen LogP contribution in [-0.2, 0) is 4.74 Å². The Morgan fingerprint density at radius 3 is 2.56 bits per heavy atom. The van der Waals surface area contributed by atoms with Crippen LogP contribution < -0.4 is 4.74 Å². The minimum atomic E-state index is -4.43. The average molecular weight is 262 g/mol. The summed E-state index contributed by atoms with van der Waals surface area (Å²) in [5.41, 5.74) is 1.04. The molecule has 0 radical (unpaired) electrons. The summed E-state index contributed by atoms with van der Waals surface area (Å²) >= 11 is 0. The number of benzene rings is 1. The number of hydrogen-bond acceptors (Lipinski definition) is 3. The Morgan fingerprint density at radius 2 is 2.00 bits per heavy atom. The lowest BCUT2D eigenvalue weighted by Gasteiger charge is -2.10. The van der Waals surface area contributed by atoms with Crippen molar-refractivity contribution in [3.63, 3.8) is 0 Å². The van der Waals surface area contributed by atoms with Gasteiger partial charge in [-0.05, 0) is 19.1 Å². The van der Waals surface area contributed by atoms with Gasteiger partial charge in [-0.3, -0.25) is 4.79 Å². The molecule has 0 atom stereocenters. The summed E-state index contributed by atoms with van der Waals surface area (Å²) in [5.74, 6) is -0.221. The van der Waals surface area contributed by atoms with Crippen LogP contribution in [0.4, 0.5) is 13.2 Å². The molecular formula is C12H13F3O3. The standard InChI is InChI=1S/C12H13F3O3/c1-8-3-4-11(17-2)9(5-8)10(16)6-18-7-12(13,14)15/h3-5H,6-7H2,1-2H3. The van der Waals surface area contributed by atoms with Crippen molar-refractivity contribution in [1.82, 2.24) is 0 Å². The molecule has 0 aliphatic heterocycles. The second-order valence-electron chi connectivity index (χ2n) is 3.73. The third kappa shape index (κ3) is 4.37. The molecule has 0 heterocycles. The highest BCUT2D eigenvalue weighted by atomic mass is 19.4. The normalized spacial score (nSPS) is 11.4. The zero-order chi connectivity index (χ0) is 13.8. The second-order valence-corrected chi connectivity index (χ2v) is 3.73. The fourth-order valence-electron chi connectivity index (χ4n) is 1.38. The lowest BCUT2D eigenvalue weighted by Crippen LogP contribution is -2.20. The number of rotatable bonds is 5. The topological polar surface area (TPSA) is 35.5 Å². The molecule has 0 bridgehead atoms. The molecule has 0 unspecified atom stereocenters. The Balaban J connectivity index is 2.69. The van der Waals surface area contributed by atoms with Gasteiger partial charge < -0.3 is 9.47 Å². The maximum absolute atomic E-state index is 11.9. The molecule has 1 aromatic carbocycles. The van der Waals surface area contributed by atoms with Crippen molar-refractivity contribution in [3.8, 4) is 5.75 Å². The van der Waals surface area contributed by atoms with Crippen LogP contribution in [0.2, 0.25) is 0 Å². The van der Waals surface area contributed by atoms with Crippen LogP contribution >= 0.6 is 0 Å². The number of hydrogen-bond donors (Lipinski definition) is 0. The number of carbonyl (C=O) groups excluding carboxylic acids is 1. The quantitative estimate of drug-likeness (QED) is 0.765. The van der Waals surface area contributed by atoms with E-state index >= 15 is 0 Å². The van der Waals surface area contributed by atoms with Gasteiger partial charge in [-0.2, -0.15) is 13.2 Å². The summed E-state index contributed by atoms with van der Waals surface area (Å²) in [6.45, 7) is -0.293. The fraction of sp³-hybridized carbons (Fsp3) is 0.417. The van der Waals surface area contributed by atoms with Crippen molar-refractivity contribution in [1.29, 1.82) is 0 Å². The van der Waals surface area contributed by atoms with Crippen LogP contribution in [0.3, 0.4) is 0 Å². The van der Waals surface area contributed by atoms with E-state index in [1.54, 1.807) is 25.1 Å². The predicted molar refractivity (Wildman–Crippen MR) is 58.9 cm³/mol. The number of Topliss-reactive ketones (excluding diaryl/α,β-unsaturated/α-hetero) is 1. The monoisotopic (exact) mass is 262 g/mol. The molecule has 100 valence electrons. The average Bonchev–Trinajstić information content (AvgIpc) is 2.27. The van der Waals surface area contributed by atoms with Gasteiger partial charge in [0.2, 0.25) is 0 Å². The first-order valence-corrected chi connectivity index (χ1v) is 5.16. The Hall–Kier alpha value is -1.56. The Labute approximate surface area is 103 Å². The van der Waals surface area contributed by atoms with E-state index in [9.17, 15) is 18.0 Å². The van der Waals surface area contributed by atoms with Crippen molar-refractivity contribution < 1.29 is 27.4 Å². The van der Waals surface area contributed by atoms with Crippen molar-refractivity contribution in [2.45, 2.75) is 13.1 Å². The minimum absolute atomic E-state index is 0.222. The molecular weight excluding hydrogens is 249 g/mol. The first kappa shape index (κ1) is 14.5. The molecule has 3 nitrogen and oxygen atoms in total. The van der Waals surface area contributed by atoms with Gasteiger partial charge in [-0.25, -0.2) is 0 Å². The van der Waals surface area contributed by atoms with Crippen LogP contribution in [-0.4, -0.2) is 32.3 Å². The molecule has 1 rings (SSSR count). The van der Waals surface area contributed by atoms with Gasteiger partial charge >= 0.3 is 6.18 Å². The number of methoxy groups -OCH3 is 1. The highest BCUT2D eigenvalue weighted by Gasteiger charge is 2.28. The zero-order valence-corrected chi connectivity index (χ0v) is 10.0. The fourth-order valence-corrected chi connectivity index (χ4v) is 1.38. The molecule has 0 aliphatic rings. The Morgan fingerprint density at radius 1 is 1.33 bits per heavy atom. The molecule has 0 amide bonds. The van der Waals surface area contributed by atoms with Gasteiger partial charge in [-0.15, -0.1) is 0 Å². The smallest absolute Gasteiger partial charge is 0.411 e. The molecule has 0 saturated carbocycles. The van der Waals surface area contributed by atoms with E-state index in [1.807, 2.05) is 0 Å². The largest absolute Gasteiger partial charge is 0.496 e. The molecule has 1 aromatic rings. The van der Waals surface area contributed by atoms with E-state index in [2.05, 4.69) is 4.74 Å². The van der Waals surface area contributed by atoms with Crippen LogP contribution in [0, 0.1) is 6.92 Å². The van der Waals surface area contributed by atoms with Crippen molar-refractivity contribution in [2.75, 3.05) is 20.3 Å². The van der Waals surface area contributed by atoms with Gasteiger partial charge in [0.25, 0.3) is 0 Å². The molecule has 6 heteroatoms. The van der Waals surface area contributed by atoms with E-state index in [0.29, 0.717) is 5.75 Å². The lowest BCUT2D eigenvalue weighted by molar-refractivity contribution is -0.170. The van der Waals surface area contributed by atoms with Crippen molar-refractivity contribution >= 4 is 5.78 Å². The maximum Gasteiger partial charge on any atom is 0.411 e. The SMILES string of the molecule is COc1ccc(C)cc1C(=O)COCC(F)(F)F. The lowest BCUT2D eigenvalue weighted by atomic mass is 10.1. The highest BCUT2D eigenvalue weighted by Crippen LogP contribution is 2.21. The molecule has 0 aromatic heterocycles. The summed E-state index contributed by atoms with van der Waals surface area (Å²) in [6.07, 6.45) is -4.43. The van der Waals surface area contributed by atoms with E-state index in [1.165, 1.54) is 7.11 Å². The second kappa shape index (κ2) is 5.86. The van der Waals surface area contributed by atoms with Crippen molar-refractivity contribution in [2.24, 2.45) is 0 Å². The van der Waals surface area contributed by atoms with Crippen LogP contribution in [0.5, 0.6) is 5.75 Å². The Kier molecular flexibility index (Phi) is 4.72. The number of halogens is 3. The molecule has 0 aliphatic carbocycles. The number of aryl methyl sites for hydroxylation is 1. The molecule has 0 saturated heterocycles. The highest BCUT2D eigenvalue weighted by molar-refractivity contribution is 5.99. The number of ketones is 1. The minimum Gasteiger partial charge on any atom is -0.496 e. The van der Waals surface area contributed by atoms with E-state index < -0.39 is 25.2 Å². The van der Waals surface area contributed by atoms with E-state index in [-0.39, 0.29) is 5.56 Å². The zero-order valence-electron chi connectivity index (χ0n) is 10.0. The number of alkyl halides is 3. The summed E-state index contributed by atoms with van der Waals surface area (Å²) in [5, 5.41) is 0. The molecule has 0 N–H and O–H groups in total. The van der Waals surface area contributed by atoms with E-state index in [4.69, 9.17) is 4.74 Å². The molecule has 0 spiro atoms. The van der Waals surface area contributed by atoms with Gasteiger partial charge in [0.15, 0.2) is 5.78 Å². The first-order chi connectivity index (χ1) is 8.33. The Bertz CT molecular complexity index is 427. The summed E-state index contributed by atoms with van der Waals surface area (Å²) in [7, 11) is 1.39. The third-order valence-corrected chi connectivity index (χ3v) is 2.15. The molecule has 18 heavy (non-hydrogen) atoms. The molecule has 0 fully saturated rings. The predicted octanol–water partition coefficient (Wildman–Crippen LogP) is 2.77. The van der Waals surface area contributed by atoms with Gasteiger partial charge in [0.1, 0.15) is 19.0 Å². The number of ether oxygens (including phenoxy) is 2. The summed E-state index contributed by atoms with van der Waals surface area (Å²) in [4.78, 5) is 11.7. The van der Waals surface area contributed by atoms with Gasteiger partial charge in [0.05, 0.1) is 12.7 Å². The van der Waals surface area contributed by atoms with Crippen LogP contribution in [0.25, 0.3) is 0 Å². The summed E-state index contributed by atoms with van der Waals surface area (Å²) < 4.78 is 44.9. The van der Waals surface area contributed by atoms with Crippen LogP contribution in [0.1, 0.15) is 15.9 Å².